The van der Waals surface area contributed by atoms with E-state index in [1.165, 1.54) is 18.2 Å². The zero-order valence-electron chi connectivity index (χ0n) is 13.7. The molecule has 0 aromatic heterocycles. The molecule has 1 saturated heterocycles. The lowest BCUT2D eigenvalue weighted by Crippen LogP contribution is -2.20. The lowest BCUT2D eigenvalue weighted by Gasteiger charge is -2.21. The first-order valence-electron chi connectivity index (χ1n) is 8.21. The number of hydrogen-bond donors (Lipinski definition) is 1. The first-order valence-corrected chi connectivity index (χ1v) is 8.21. The number of nitro benzene ring substituents is 1. The largest absolute Gasteiger partial charge is 0.370 e. The molecule has 2 aromatic rings. The monoisotopic (exact) mass is 337 g/mol. The summed E-state index contributed by atoms with van der Waals surface area (Å²) >= 11 is 0. The summed E-state index contributed by atoms with van der Waals surface area (Å²) < 4.78 is 0. The fourth-order valence-electron chi connectivity index (χ4n) is 2.95. The number of carbonyl (C=O) groups excluding carboxylic acids is 1. The lowest BCUT2D eigenvalue weighted by atomic mass is 10.1. The fourth-order valence-corrected chi connectivity index (χ4v) is 2.95. The summed E-state index contributed by atoms with van der Waals surface area (Å²) in [4.78, 5) is 25.1. The number of nitrogens with zero attached hydrogens (tertiary/aromatic N) is 2. The van der Waals surface area contributed by atoms with Crippen LogP contribution in [0.5, 0.6) is 0 Å². The molecule has 0 bridgehead atoms. The lowest BCUT2D eigenvalue weighted by molar-refractivity contribution is -0.385. The highest BCUT2D eigenvalue weighted by atomic mass is 16.6. The number of nitro groups is 1. The third kappa shape index (κ3) is 4.03. The number of hydrogen-bond acceptors (Lipinski definition) is 4. The molecule has 0 unspecified atom stereocenters. The van der Waals surface area contributed by atoms with Gasteiger partial charge in [0.05, 0.1) is 21.9 Å². The van der Waals surface area contributed by atoms with Crippen LogP contribution in [0.1, 0.15) is 18.4 Å². The summed E-state index contributed by atoms with van der Waals surface area (Å²) in [7, 11) is 0. The summed E-state index contributed by atoms with van der Waals surface area (Å²) in [6.45, 7) is 1.97. The van der Waals surface area contributed by atoms with E-state index in [9.17, 15) is 14.9 Å². The summed E-state index contributed by atoms with van der Waals surface area (Å²) in [6.07, 6.45) is 5.09. The Bertz CT molecular complexity index is 811. The molecular formula is C19H19N3O3. The Hall–Kier alpha value is -3.15. The normalized spacial score (nSPS) is 14.0. The van der Waals surface area contributed by atoms with Crippen molar-refractivity contribution in [3.63, 3.8) is 0 Å². The number of nitrogens with one attached hydrogen (secondary N) is 1. The van der Waals surface area contributed by atoms with Crippen LogP contribution in [0.4, 0.5) is 17.1 Å². The molecule has 1 fully saturated rings. The van der Waals surface area contributed by atoms with Crippen molar-refractivity contribution >= 4 is 29.0 Å². The highest BCUT2D eigenvalue weighted by Crippen LogP contribution is 2.28. The van der Waals surface area contributed by atoms with Gasteiger partial charge in [0.1, 0.15) is 0 Å². The van der Waals surface area contributed by atoms with E-state index in [0.29, 0.717) is 5.56 Å². The van der Waals surface area contributed by atoms with Crippen molar-refractivity contribution in [1.29, 1.82) is 0 Å². The Kier molecular flexibility index (Phi) is 5.09. The van der Waals surface area contributed by atoms with Gasteiger partial charge in [-0.2, -0.15) is 0 Å². The van der Waals surface area contributed by atoms with Gasteiger partial charge in [-0.1, -0.05) is 24.3 Å². The minimum Gasteiger partial charge on any atom is -0.370 e. The molecule has 25 heavy (non-hydrogen) atoms. The maximum absolute atomic E-state index is 12.2. The first kappa shape index (κ1) is 16.7. The highest BCUT2D eigenvalue weighted by Gasteiger charge is 2.16. The van der Waals surface area contributed by atoms with Gasteiger partial charge in [-0.3, -0.25) is 14.9 Å². The Balaban J connectivity index is 1.74. The van der Waals surface area contributed by atoms with Gasteiger partial charge in [0, 0.05) is 25.2 Å². The van der Waals surface area contributed by atoms with Crippen LogP contribution in [-0.4, -0.2) is 23.9 Å². The van der Waals surface area contributed by atoms with Crippen molar-refractivity contribution in [2.24, 2.45) is 0 Å². The fraction of sp³-hybridized carbons (Fsp3) is 0.211. The molecule has 1 heterocycles. The van der Waals surface area contributed by atoms with Gasteiger partial charge in [-0.05, 0) is 37.1 Å². The van der Waals surface area contributed by atoms with E-state index in [0.717, 1.165) is 37.3 Å². The van der Waals surface area contributed by atoms with Gasteiger partial charge in [-0.15, -0.1) is 0 Å². The Morgan fingerprint density at radius 3 is 2.52 bits per heavy atom. The first-order chi connectivity index (χ1) is 12.1. The molecule has 1 aliphatic rings. The second-order valence-electron chi connectivity index (χ2n) is 5.85. The molecule has 1 N–H and O–H groups in total. The molecule has 0 saturated carbocycles. The van der Waals surface area contributed by atoms with Crippen LogP contribution in [0.25, 0.3) is 6.08 Å². The Morgan fingerprint density at radius 2 is 1.76 bits per heavy atom. The molecular weight excluding hydrogens is 318 g/mol. The van der Waals surface area contributed by atoms with E-state index >= 15 is 0 Å². The van der Waals surface area contributed by atoms with E-state index in [-0.39, 0.29) is 11.6 Å². The molecule has 6 heteroatoms. The average molecular weight is 337 g/mol. The molecule has 0 aliphatic carbocycles. The molecule has 6 nitrogen and oxygen atoms in total. The summed E-state index contributed by atoms with van der Waals surface area (Å²) in [5.74, 6) is -0.315. The molecule has 0 atom stereocenters. The van der Waals surface area contributed by atoms with Crippen LogP contribution in [0.15, 0.2) is 54.6 Å². The molecule has 128 valence electrons. The number of benzene rings is 2. The molecule has 2 aromatic carbocycles. The standard InChI is InChI=1S/C19H19N3O3/c23-19(12-11-15-7-1-3-9-17(15)22(24)25)20-16-8-2-4-10-18(16)21-13-5-6-14-21/h1-4,7-12H,5-6,13-14H2,(H,20,23)/b12-11+. The maximum Gasteiger partial charge on any atom is 0.276 e. The highest BCUT2D eigenvalue weighted by molar-refractivity contribution is 6.04. The van der Waals surface area contributed by atoms with Gasteiger partial charge in [0.25, 0.3) is 5.69 Å². The third-order valence-corrected chi connectivity index (χ3v) is 4.16. The van der Waals surface area contributed by atoms with E-state index in [1.54, 1.807) is 18.2 Å². The minimum atomic E-state index is -0.458. The predicted octanol–water partition coefficient (Wildman–Crippen LogP) is 3.85. The van der Waals surface area contributed by atoms with Gasteiger partial charge < -0.3 is 10.2 Å². The zero-order chi connectivity index (χ0) is 17.6. The SMILES string of the molecule is O=C(/C=C/c1ccccc1[N+](=O)[O-])Nc1ccccc1N1CCCC1. The van der Waals surface area contributed by atoms with E-state index in [4.69, 9.17) is 0 Å². The Labute approximate surface area is 145 Å². The Morgan fingerprint density at radius 1 is 1.08 bits per heavy atom. The van der Waals surface area contributed by atoms with Gasteiger partial charge >= 0.3 is 0 Å². The van der Waals surface area contributed by atoms with Crippen molar-refractivity contribution in [2.45, 2.75) is 12.8 Å². The summed E-state index contributed by atoms with van der Waals surface area (Å²) in [5.41, 5.74) is 2.13. The van der Waals surface area contributed by atoms with Crippen molar-refractivity contribution in [3.05, 3.63) is 70.3 Å². The third-order valence-electron chi connectivity index (χ3n) is 4.16. The van der Waals surface area contributed by atoms with Crippen LogP contribution in [-0.2, 0) is 4.79 Å². The van der Waals surface area contributed by atoms with Crippen LogP contribution >= 0.6 is 0 Å². The molecule has 0 spiro atoms. The molecule has 3 rings (SSSR count). The number of anilines is 2. The van der Waals surface area contributed by atoms with Gasteiger partial charge in [-0.25, -0.2) is 0 Å². The minimum absolute atomic E-state index is 0.0241. The van der Waals surface area contributed by atoms with Crippen molar-refractivity contribution < 1.29 is 9.72 Å². The van der Waals surface area contributed by atoms with Crippen LogP contribution in [0.3, 0.4) is 0 Å². The predicted molar refractivity (Wildman–Crippen MR) is 98.6 cm³/mol. The van der Waals surface area contributed by atoms with Crippen molar-refractivity contribution in [1.82, 2.24) is 0 Å². The smallest absolute Gasteiger partial charge is 0.276 e. The topological polar surface area (TPSA) is 75.5 Å². The second-order valence-corrected chi connectivity index (χ2v) is 5.85. The van der Waals surface area contributed by atoms with Gasteiger partial charge in [0.15, 0.2) is 0 Å². The molecule has 1 aliphatic heterocycles. The summed E-state index contributed by atoms with van der Waals surface area (Å²) in [5, 5.41) is 13.9. The van der Waals surface area contributed by atoms with Crippen molar-refractivity contribution in [3.8, 4) is 0 Å². The van der Waals surface area contributed by atoms with Crippen LogP contribution in [0, 0.1) is 10.1 Å². The van der Waals surface area contributed by atoms with E-state index in [2.05, 4.69) is 10.2 Å². The van der Waals surface area contributed by atoms with Gasteiger partial charge in [0.2, 0.25) is 5.91 Å². The molecule has 0 radical (unpaired) electrons. The number of carbonyl (C=O) groups is 1. The van der Waals surface area contributed by atoms with E-state index in [1.807, 2.05) is 24.3 Å². The van der Waals surface area contributed by atoms with Crippen LogP contribution < -0.4 is 10.2 Å². The number of rotatable bonds is 5. The molecule has 1 amide bonds. The summed E-state index contributed by atoms with van der Waals surface area (Å²) in [6, 6.07) is 14.0. The number of para-hydroxylation sites is 3. The second kappa shape index (κ2) is 7.61. The van der Waals surface area contributed by atoms with E-state index < -0.39 is 4.92 Å². The zero-order valence-corrected chi connectivity index (χ0v) is 13.7. The number of amides is 1. The van der Waals surface area contributed by atoms with Crippen molar-refractivity contribution in [2.75, 3.05) is 23.3 Å². The van der Waals surface area contributed by atoms with Crippen LogP contribution in [0.2, 0.25) is 0 Å². The quantitative estimate of drug-likeness (QED) is 0.511. The maximum atomic E-state index is 12.2. The average Bonchev–Trinajstić information content (AvgIpc) is 3.15.